The van der Waals surface area contributed by atoms with Gasteiger partial charge in [0, 0.05) is 44.3 Å². The Morgan fingerprint density at radius 2 is 1.79 bits per heavy atom. The Labute approximate surface area is 212 Å². The first-order valence-electron chi connectivity index (χ1n) is 10.8. The number of nitrogens with zero attached hydrogens (tertiary/aromatic N) is 3. The van der Waals surface area contributed by atoms with Crippen LogP contribution in [0.15, 0.2) is 66.7 Å². The van der Waals surface area contributed by atoms with Gasteiger partial charge in [0.1, 0.15) is 6.33 Å². The predicted molar refractivity (Wildman–Crippen MR) is 134 cm³/mol. The molecule has 0 fully saturated rings. The number of carbonyl (C=O) groups is 1. The summed E-state index contributed by atoms with van der Waals surface area (Å²) in [6, 6.07) is 20.6. The van der Waals surface area contributed by atoms with Crippen LogP contribution >= 0.6 is 0 Å². The molecule has 0 saturated heterocycles. The SMILES string of the molecule is CC(=O)/C=C(/C)O.Cc1[c-]c(-c2ncnc3c4c5ccccc5ccc4n(C)c23)cc(C)c1.[Ir]. The van der Waals surface area contributed by atoms with Crippen molar-refractivity contribution in [3.8, 4) is 11.3 Å². The molecule has 6 heteroatoms. The van der Waals surface area contributed by atoms with Crippen molar-refractivity contribution in [2.24, 2.45) is 7.05 Å². The maximum Gasteiger partial charge on any atom is 0.155 e. The van der Waals surface area contributed by atoms with Gasteiger partial charge < -0.3 is 9.67 Å². The topological polar surface area (TPSA) is 68.0 Å². The smallest absolute Gasteiger partial charge is 0.155 e. The summed E-state index contributed by atoms with van der Waals surface area (Å²) in [5.41, 5.74) is 7.51. The number of carbonyl (C=O) groups excluding carboxylic acids is 1. The fourth-order valence-corrected chi connectivity index (χ4v) is 4.30. The number of ketones is 1. The zero-order valence-corrected chi connectivity index (χ0v) is 22.2. The molecule has 0 amide bonds. The number of hydrogen-bond donors (Lipinski definition) is 1. The summed E-state index contributed by atoms with van der Waals surface area (Å²) in [5, 5.41) is 12.0. The van der Waals surface area contributed by atoms with Gasteiger partial charge in [-0.3, -0.25) is 9.78 Å². The summed E-state index contributed by atoms with van der Waals surface area (Å²) in [7, 11) is 2.09. The molecule has 5 nitrogen and oxygen atoms in total. The van der Waals surface area contributed by atoms with Crippen LogP contribution in [0.2, 0.25) is 0 Å². The molecule has 0 aliphatic heterocycles. The normalized spacial score (nSPS) is 11.3. The van der Waals surface area contributed by atoms with E-state index < -0.39 is 0 Å². The van der Waals surface area contributed by atoms with Crippen LogP contribution in [0.4, 0.5) is 0 Å². The van der Waals surface area contributed by atoms with Gasteiger partial charge in [0.05, 0.1) is 22.3 Å². The van der Waals surface area contributed by atoms with E-state index in [1.165, 1.54) is 47.2 Å². The molecule has 1 N–H and O–H groups in total. The van der Waals surface area contributed by atoms with Gasteiger partial charge in [0.15, 0.2) is 5.78 Å². The minimum atomic E-state index is -0.125. The molecule has 2 heterocycles. The average molecular weight is 629 g/mol. The van der Waals surface area contributed by atoms with E-state index in [1.54, 1.807) is 6.33 Å². The first kappa shape index (κ1) is 25.3. The van der Waals surface area contributed by atoms with Crippen LogP contribution in [0, 0.1) is 19.9 Å². The van der Waals surface area contributed by atoms with Crippen LogP contribution in [0.1, 0.15) is 25.0 Å². The van der Waals surface area contributed by atoms with Gasteiger partial charge in [-0.05, 0) is 30.7 Å². The van der Waals surface area contributed by atoms with E-state index in [0.717, 1.165) is 27.9 Å². The van der Waals surface area contributed by atoms with Gasteiger partial charge in [0.25, 0.3) is 0 Å². The first-order valence-corrected chi connectivity index (χ1v) is 10.8. The van der Waals surface area contributed by atoms with Crippen molar-refractivity contribution in [1.29, 1.82) is 0 Å². The Morgan fingerprint density at radius 3 is 2.44 bits per heavy atom. The maximum atomic E-state index is 10.0. The van der Waals surface area contributed by atoms with Gasteiger partial charge in [0.2, 0.25) is 0 Å². The molecule has 34 heavy (non-hydrogen) atoms. The van der Waals surface area contributed by atoms with Crippen LogP contribution in [-0.4, -0.2) is 25.4 Å². The van der Waals surface area contributed by atoms with Crippen molar-refractivity contribution in [2.45, 2.75) is 27.7 Å². The number of aliphatic hydroxyl groups is 1. The molecule has 0 spiro atoms. The zero-order valence-electron chi connectivity index (χ0n) is 19.8. The van der Waals surface area contributed by atoms with Crippen molar-refractivity contribution >= 4 is 38.5 Å². The summed E-state index contributed by atoms with van der Waals surface area (Å²) >= 11 is 0. The number of benzene rings is 3. The molecular weight excluding hydrogens is 603 g/mol. The molecular formula is C28H26IrN3O2-. The molecule has 2 aromatic heterocycles. The number of allylic oxidation sites excluding steroid dienone is 2. The minimum Gasteiger partial charge on any atom is -0.512 e. The molecule has 1 radical (unpaired) electrons. The molecule has 0 unspecified atom stereocenters. The van der Waals surface area contributed by atoms with Crippen LogP contribution in [0.5, 0.6) is 0 Å². The van der Waals surface area contributed by atoms with E-state index in [2.05, 4.69) is 90.0 Å². The molecule has 175 valence electrons. The minimum absolute atomic E-state index is 0. The van der Waals surface area contributed by atoms with Crippen molar-refractivity contribution < 1.29 is 30.0 Å². The van der Waals surface area contributed by atoms with E-state index in [9.17, 15) is 4.79 Å². The van der Waals surface area contributed by atoms with Gasteiger partial charge in [-0.2, -0.15) is 0 Å². The number of aliphatic hydroxyl groups excluding tert-OH is 1. The second kappa shape index (κ2) is 10.3. The molecule has 0 aliphatic rings. The van der Waals surface area contributed by atoms with E-state index in [1.807, 2.05) is 0 Å². The standard InChI is InChI=1S/C23H18N3.C5H8O2.Ir/c1-14-10-15(2)12-17(11-14)21-23-22(25-13-24-21)20-18-7-5-4-6-16(18)8-9-19(20)26(23)3;1-4(6)3-5(2)7;/h4-11,13H,1-3H3;3,6H,1-2H3;/q-1;;/b;4-3-;. The third-order valence-corrected chi connectivity index (χ3v) is 5.48. The number of aryl methyl sites for hydroxylation is 3. The van der Waals surface area contributed by atoms with Crippen LogP contribution in [0.25, 0.3) is 44.0 Å². The maximum absolute atomic E-state index is 10.0. The Balaban J connectivity index is 0.000000357. The molecule has 0 aliphatic carbocycles. The number of hydrogen-bond acceptors (Lipinski definition) is 4. The zero-order chi connectivity index (χ0) is 23.7. The molecule has 0 atom stereocenters. The fraction of sp³-hybridized carbons (Fsp3) is 0.179. The van der Waals surface area contributed by atoms with Crippen molar-refractivity contribution in [3.63, 3.8) is 0 Å². The summed E-state index contributed by atoms with van der Waals surface area (Å²) in [6.45, 7) is 7.03. The van der Waals surface area contributed by atoms with Crippen LogP contribution in [-0.2, 0) is 31.9 Å². The predicted octanol–water partition coefficient (Wildman–Crippen LogP) is 6.39. The fourth-order valence-electron chi connectivity index (χ4n) is 4.30. The summed E-state index contributed by atoms with van der Waals surface area (Å²) in [4.78, 5) is 19.3. The van der Waals surface area contributed by atoms with E-state index in [0.29, 0.717) is 0 Å². The van der Waals surface area contributed by atoms with E-state index >= 15 is 0 Å². The van der Waals surface area contributed by atoms with Crippen molar-refractivity contribution in [1.82, 2.24) is 14.5 Å². The largest absolute Gasteiger partial charge is 0.512 e. The Hall–Kier alpha value is -3.34. The Kier molecular flexibility index (Phi) is 7.65. The van der Waals surface area contributed by atoms with Gasteiger partial charge in [-0.15, -0.1) is 34.9 Å². The van der Waals surface area contributed by atoms with Gasteiger partial charge >= 0.3 is 0 Å². The first-order chi connectivity index (χ1) is 15.8. The monoisotopic (exact) mass is 629 g/mol. The van der Waals surface area contributed by atoms with E-state index in [-0.39, 0.29) is 31.6 Å². The number of rotatable bonds is 2. The summed E-state index contributed by atoms with van der Waals surface area (Å²) < 4.78 is 2.21. The van der Waals surface area contributed by atoms with Gasteiger partial charge in [-0.1, -0.05) is 44.2 Å². The van der Waals surface area contributed by atoms with Crippen LogP contribution < -0.4 is 0 Å². The van der Waals surface area contributed by atoms with Crippen molar-refractivity contribution in [3.05, 3.63) is 83.9 Å². The van der Waals surface area contributed by atoms with E-state index in [4.69, 9.17) is 5.11 Å². The Morgan fingerprint density at radius 1 is 1.06 bits per heavy atom. The van der Waals surface area contributed by atoms with Crippen molar-refractivity contribution in [2.75, 3.05) is 0 Å². The average Bonchev–Trinajstić information content (AvgIpc) is 3.05. The summed E-state index contributed by atoms with van der Waals surface area (Å²) in [5.74, 6) is -0.0625. The quantitative estimate of drug-likeness (QED) is 0.140. The molecule has 0 saturated carbocycles. The number of fused-ring (bicyclic) bond motifs is 5. The third kappa shape index (κ3) is 4.93. The van der Waals surface area contributed by atoms with Gasteiger partial charge in [-0.25, -0.2) is 4.98 Å². The molecule has 5 aromatic rings. The summed E-state index contributed by atoms with van der Waals surface area (Å²) in [6.07, 6.45) is 2.84. The molecule has 3 aromatic carbocycles. The molecule has 5 rings (SSSR count). The molecule has 0 bridgehead atoms. The second-order valence-electron chi connectivity index (χ2n) is 8.31. The Bertz CT molecular complexity index is 1530. The number of aromatic nitrogens is 3. The van der Waals surface area contributed by atoms with Crippen LogP contribution in [0.3, 0.4) is 0 Å². The third-order valence-electron chi connectivity index (χ3n) is 5.48. The second-order valence-corrected chi connectivity index (χ2v) is 8.31.